The molecule has 0 saturated heterocycles. The summed E-state index contributed by atoms with van der Waals surface area (Å²) in [5.74, 6) is -1.72. The summed E-state index contributed by atoms with van der Waals surface area (Å²) in [4.78, 5) is 35.8. The van der Waals surface area contributed by atoms with Gasteiger partial charge in [0.15, 0.2) is 0 Å². The van der Waals surface area contributed by atoms with Crippen LogP contribution >= 0.6 is 0 Å². The largest absolute Gasteiger partial charge is 0.480 e. The van der Waals surface area contributed by atoms with E-state index in [9.17, 15) is 14.4 Å². The molecule has 0 rings (SSSR count). The van der Waals surface area contributed by atoms with Crippen molar-refractivity contribution in [1.29, 1.82) is 5.53 Å². The average molecular weight is 258 g/mol. The first-order valence-corrected chi connectivity index (χ1v) is 5.40. The Morgan fingerprint density at radius 2 is 2.17 bits per heavy atom. The van der Waals surface area contributed by atoms with Crippen molar-refractivity contribution in [2.45, 2.75) is 32.2 Å². The fourth-order valence-corrected chi connectivity index (χ4v) is 1.06. The molecular formula is C10H16N3O5+. The van der Waals surface area contributed by atoms with E-state index in [1.807, 2.05) is 0 Å². The third-order valence-electron chi connectivity index (χ3n) is 1.92. The number of nitrogens with zero attached hydrogens (tertiary/aromatic N) is 1. The van der Waals surface area contributed by atoms with E-state index in [-0.39, 0.29) is 19.4 Å². The molecular weight excluding hydrogens is 242 g/mol. The van der Waals surface area contributed by atoms with E-state index in [0.29, 0.717) is 6.42 Å². The summed E-state index contributed by atoms with van der Waals surface area (Å²) in [6.07, 6.45) is 0.387. The summed E-state index contributed by atoms with van der Waals surface area (Å²) in [6.45, 7) is 2.00. The fraction of sp³-hybridized carbons (Fsp3) is 0.600. The van der Waals surface area contributed by atoms with E-state index in [1.165, 1.54) is 0 Å². The molecule has 0 unspecified atom stereocenters. The minimum absolute atomic E-state index is 0.0819. The first-order valence-electron chi connectivity index (χ1n) is 5.40. The summed E-state index contributed by atoms with van der Waals surface area (Å²) in [5, 5.41) is 11.0. The van der Waals surface area contributed by atoms with Gasteiger partial charge >= 0.3 is 18.3 Å². The molecule has 0 aliphatic rings. The van der Waals surface area contributed by atoms with Crippen LogP contribution in [-0.2, 0) is 14.3 Å². The van der Waals surface area contributed by atoms with Gasteiger partial charge in [0.25, 0.3) is 0 Å². The van der Waals surface area contributed by atoms with Crippen molar-refractivity contribution in [2.75, 3.05) is 6.61 Å². The first kappa shape index (κ1) is 15.8. The second-order valence-corrected chi connectivity index (χ2v) is 3.43. The van der Waals surface area contributed by atoms with Crippen LogP contribution in [0.5, 0.6) is 0 Å². The molecule has 1 atom stereocenters. The van der Waals surface area contributed by atoms with Gasteiger partial charge in [-0.3, -0.25) is 4.79 Å². The lowest BCUT2D eigenvalue weighted by atomic mass is 10.1. The molecule has 0 bridgehead atoms. The average Bonchev–Trinajstić information content (AvgIpc) is 2.31. The molecule has 3 N–H and O–H groups in total. The van der Waals surface area contributed by atoms with Crippen molar-refractivity contribution in [3.05, 3.63) is 0 Å². The van der Waals surface area contributed by atoms with Crippen LogP contribution in [0, 0.1) is 5.53 Å². The third-order valence-corrected chi connectivity index (χ3v) is 1.92. The molecule has 100 valence electrons. The normalized spacial score (nSPS) is 10.9. The van der Waals surface area contributed by atoms with Crippen molar-refractivity contribution < 1.29 is 29.0 Å². The number of aliphatic carboxylic acids is 1. The molecule has 0 spiro atoms. The summed E-state index contributed by atoms with van der Waals surface area (Å²) in [7, 11) is 0. The van der Waals surface area contributed by atoms with E-state index >= 15 is 0 Å². The number of hydrogen-bond acceptors (Lipinski definition) is 5. The summed E-state index contributed by atoms with van der Waals surface area (Å²) >= 11 is 0. The highest BCUT2D eigenvalue weighted by atomic mass is 16.5. The zero-order valence-corrected chi connectivity index (χ0v) is 10.0. The molecule has 0 aliphatic carbocycles. The number of ether oxygens (including phenoxy) is 1. The monoisotopic (exact) mass is 258 g/mol. The number of carboxylic acids is 1. The Kier molecular flexibility index (Phi) is 7.80. The van der Waals surface area contributed by atoms with E-state index in [0.717, 1.165) is 6.21 Å². The van der Waals surface area contributed by atoms with Gasteiger partial charge in [0.05, 0.1) is 16.9 Å². The number of carbonyl (C=O) groups excluding carboxylic acids is 2. The predicted molar refractivity (Wildman–Crippen MR) is 59.5 cm³/mol. The Morgan fingerprint density at radius 1 is 1.50 bits per heavy atom. The second-order valence-electron chi connectivity index (χ2n) is 3.43. The number of hydrogen-bond donors (Lipinski definition) is 3. The third kappa shape index (κ3) is 7.13. The van der Waals surface area contributed by atoms with Crippen molar-refractivity contribution in [2.24, 2.45) is 0 Å². The van der Waals surface area contributed by atoms with Crippen LogP contribution in [0.15, 0.2) is 0 Å². The van der Waals surface area contributed by atoms with Crippen LogP contribution in [0.25, 0.3) is 0 Å². The maximum Gasteiger partial charge on any atom is 0.407 e. The highest BCUT2D eigenvalue weighted by molar-refractivity contribution is 6.25. The molecule has 0 radical (unpaired) electrons. The topological polar surface area (TPSA) is 131 Å². The maximum absolute atomic E-state index is 11.1. The molecule has 8 nitrogen and oxygen atoms in total. The van der Waals surface area contributed by atoms with Crippen molar-refractivity contribution in [3.8, 4) is 0 Å². The molecule has 0 aliphatic heterocycles. The van der Waals surface area contributed by atoms with Crippen LogP contribution in [0.3, 0.4) is 0 Å². The Morgan fingerprint density at radius 3 is 2.67 bits per heavy atom. The molecule has 1 amide bonds. The Bertz CT molecular complexity index is 363. The zero-order valence-electron chi connectivity index (χ0n) is 10.0. The number of nitrogens with one attached hydrogen (secondary N) is 2. The number of Topliss-reactive ketones (excluding diaryl/α,β-unsaturated/α-hetero) is 1. The lowest BCUT2D eigenvalue weighted by Crippen LogP contribution is -2.41. The fourth-order valence-electron chi connectivity index (χ4n) is 1.06. The molecule has 0 fully saturated rings. The smallest absolute Gasteiger partial charge is 0.407 e. The summed E-state index contributed by atoms with van der Waals surface area (Å²) < 4.78 is 4.67. The quantitative estimate of drug-likeness (QED) is 0.326. The number of ketones is 1. The number of amides is 1. The zero-order chi connectivity index (χ0) is 14.0. The van der Waals surface area contributed by atoms with Crippen molar-refractivity contribution >= 4 is 24.1 Å². The minimum Gasteiger partial charge on any atom is -0.480 e. The molecule has 18 heavy (non-hydrogen) atoms. The molecule has 0 heterocycles. The van der Waals surface area contributed by atoms with Gasteiger partial charge in [-0.2, -0.15) is 0 Å². The van der Waals surface area contributed by atoms with Gasteiger partial charge in [-0.15, -0.1) is 0 Å². The second kappa shape index (κ2) is 8.89. The van der Waals surface area contributed by atoms with Gasteiger partial charge in [-0.1, -0.05) is 6.92 Å². The standard InChI is InChI=1S/C10H15N3O5/c1-2-5-18-10(17)13-8(9(15)16)4-3-7(14)6-12-11/h6,8,11H,2-5H2,1H3,(H-,13,15,16,17)/p+1/t8-/m0/s1. The van der Waals surface area contributed by atoms with E-state index < -0.39 is 23.9 Å². The highest BCUT2D eigenvalue weighted by Gasteiger charge is 2.22. The van der Waals surface area contributed by atoms with Crippen LogP contribution in [0.4, 0.5) is 4.79 Å². The van der Waals surface area contributed by atoms with Gasteiger partial charge in [0, 0.05) is 6.42 Å². The SMILES string of the molecule is CCCOC(=O)N[C@@H](CCC(=O)C=[N+]=N)C(=O)O. The molecule has 0 aromatic carbocycles. The van der Waals surface area contributed by atoms with E-state index in [4.69, 9.17) is 10.6 Å². The lowest BCUT2D eigenvalue weighted by molar-refractivity contribution is -0.139. The number of carboxylic acid groups (broad SMARTS) is 1. The first-order chi connectivity index (χ1) is 8.51. The molecule has 0 aromatic rings. The van der Waals surface area contributed by atoms with Crippen LogP contribution in [-0.4, -0.2) is 46.6 Å². The van der Waals surface area contributed by atoms with E-state index in [2.05, 4.69) is 14.8 Å². The van der Waals surface area contributed by atoms with Crippen molar-refractivity contribution in [1.82, 2.24) is 5.32 Å². The maximum atomic E-state index is 11.1. The Balaban J connectivity index is 4.23. The lowest BCUT2D eigenvalue weighted by Gasteiger charge is -2.13. The van der Waals surface area contributed by atoms with Gasteiger partial charge < -0.3 is 15.2 Å². The van der Waals surface area contributed by atoms with Crippen molar-refractivity contribution in [3.63, 3.8) is 0 Å². The van der Waals surface area contributed by atoms with Crippen LogP contribution < -0.4 is 5.32 Å². The summed E-state index contributed by atoms with van der Waals surface area (Å²) in [6, 6.07) is -1.20. The molecule has 8 heteroatoms. The van der Waals surface area contributed by atoms with Crippen LogP contribution in [0.1, 0.15) is 26.2 Å². The predicted octanol–water partition coefficient (Wildman–Crippen LogP) is 0.235. The molecule has 0 saturated carbocycles. The number of alkyl carbamates (subject to hydrolysis) is 1. The minimum atomic E-state index is -1.25. The molecule has 0 aromatic heterocycles. The van der Waals surface area contributed by atoms with Crippen LogP contribution in [0.2, 0.25) is 0 Å². The van der Waals surface area contributed by atoms with Gasteiger partial charge in [0.2, 0.25) is 5.78 Å². The van der Waals surface area contributed by atoms with E-state index in [1.54, 1.807) is 6.92 Å². The number of carbonyl (C=O) groups is 3. The van der Waals surface area contributed by atoms with Gasteiger partial charge in [-0.05, 0) is 12.8 Å². The Labute approximate surface area is 104 Å². The summed E-state index contributed by atoms with van der Waals surface area (Å²) in [5.41, 5.74) is 6.43. The van der Waals surface area contributed by atoms with Gasteiger partial charge in [-0.25, -0.2) is 9.59 Å². The highest BCUT2D eigenvalue weighted by Crippen LogP contribution is 1.99. The van der Waals surface area contributed by atoms with Gasteiger partial charge in [0.1, 0.15) is 6.04 Å². The number of rotatable bonds is 8. The Hall–Kier alpha value is -2.21.